The molecule has 0 spiro atoms. The highest BCUT2D eigenvalue weighted by Gasteiger charge is 2.35. The van der Waals surface area contributed by atoms with Crippen LogP contribution in [0.1, 0.15) is 62.0 Å². The second kappa shape index (κ2) is 6.18. The van der Waals surface area contributed by atoms with Crippen molar-refractivity contribution >= 4 is 5.91 Å². The number of hydrogen-bond donors (Lipinski definition) is 2. The molecule has 1 aromatic heterocycles. The van der Waals surface area contributed by atoms with Crippen LogP contribution in [0, 0.1) is 5.41 Å². The molecule has 0 radical (unpaired) electrons. The fraction of sp³-hybridized carbons (Fsp3) is 0.750. The van der Waals surface area contributed by atoms with Gasteiger partial charge in [-0.15, -0.1) is 0 Å². The minimum Gasteiger partial charge on any atom is -0.350 e. The molecule has 1 saturated heterocycles. The molecule has 1 saturated carbocycles. The summed E-state index contributed by atoms with van der Waals surface area (Å²) in [6, 6.07) is 2.22. The Bertz CT molecular complexity index is 481. The standard InChI is InChI=1S/C16H26N4O/c1-2-16(7-4-8-16)12-18-15(21)14-6-10-20(19-14)13-5-3-9-17-11-13/h6,10,13,17H,2-5,7-9,11-12H2,1H3,(H,18,21). The van der Waals surface area contributed by atoms with Gasteiger partial charge in [-0.2, -0.15) is 5.10 Å². The molecule has 1 amide bonds. The largest absolute Gasteiger partial charge is 0.350 e. The zero-order valence-corrected chi connectivity index (χ0v) is 12.9. The van der Waals surface area contributed by atoms with Gasteiger partial charge in [0.15, 0.2) is 0 Å². The molecule has 21 heavy (non-hydrogen) atoms. The van der Waals surface area contributed by atoms with E-state index in [9.17, 15) is 4.79 Å². The van der Waals surface area contributed by atoms with E-state index in [1.807, 2.05) is 16.9 Å². The van der Waals surface area contributed by atoms with Gasteiger partial charge in [0.05, 0.1) is 6.04 Å². The van der Waals surface area contributed by atoms with Gasteiger partial charge in [0.1, 0.15) is 5.69 Å². The molecule has 2 fully saturated rings. The molecule has 2 heterocycles. The Kier molecular flexibility index (Phi) is 4.29. The highest BCUT2D eigenvalue weighted by atomic mass is 16.1. The normalized spacial score (nSPS) is 24.3. The Hall–Kier alpha value is -1.36. The van der Waals surface area contributed by atoms with Crippen LogP contribution in [0.5, 0.6) is 0 Å². The highest BCUT2D eigenvalue weighted by Crippen LogP contribution is 2.43. The van der Waals surface area contributed by atoms with E-state index in [1.165, 1.54) is 25.7 Å². The third-order valence-electron chi connectivity index (χ3n) is 5.27. The lowest BCUT2D eigenvalue weighted by Gasteiger charge is -2.41. The molecule has 5 nitrogen and oxygen atoms in total. The fourth-order valence-corrected chi connectivity index (χ4v) is 3.41. The number of hydrogen-bond acceptors (Lipinski definition) is 3. The van der Waals surface area contributed by atoms with Gasteiger partial charge in [0.2, 0.25) is 0 Å². The van der Waals surface area contributed by atoms with Crippen molar-refractivity contribution in [3.05, 3.63) is 18.0 Å². The molecular weight excluding hydrogens is 264 g/mol. The number of nitrogens with zero attached hydrogens (tertiary/aromatic N) is 2. The molecule has 1 aliphatic carbocycles. The van der Waals surface area contributed by atoms with Gasteiger partial charge >= 0.3 is 0 Å². The lowest BCUT2D eigenvalue weighted by Crippen LogP contribution is -2.41. The van der Waals surface area contributed by atoms with Crippen molar-refractivity contribution in [1.29, 1.82) is 0 Å². The Labute approximate surface area is 126 Å². The summed E-state index contributed by atoms with van der Waals surface area (Å²) in [7, 11) is 0. The number of nitrogens with one attached hydrogen (secondary N) is 2. The average molecular weight is 290 g/mol. The summed E-state index contributed by atoms with van der Waals surface area (Å²) >= 11 is 0. The van der Waals surface area contributed by atoms with E-state index in [0.29, 0.717) is 17.2 Å². The number of carbonyl (C=O) groups is 1. The van der Waals surface area contributed by atoms with Gasteiger partial charge < -0.3 is 10.6 Å². The second-order valence-electron chi connectivity index (χ2n) is 6.57. The van der Waals surface area contributed by atoms with Crippen LogP contribution in [0.3, 0.4) is 0 Å². The minimum absolute atomic E-state index is 0.0303. The van der Waals surface area contributed by atoms with Crippen LogP contribution >= 0.6 is 0 Å². The number of carbonyl (C=O) groups excluding carboxylic acids is 1. The molecule has 1 aromatic rings. The van der Waals surface area contributed by atoms with E-state index in [-0.39, 0.29) is 5.91 Å². The number of amides is 1. The topological polar surface area (TPSA) is 59.0 Å². The molecule has 0 bridgehead atoms. The zero-order valence-electron chi connectivity index (χ0n) is 12.9. The maximum Gasteiger partial charge on any atom is 0.271 e. The first-order chi connectivity index (χ1) is 10.2. The average Bonchev–Trinajstić information content (AvgIpc) is 2.97. The van der Waals surface area contributed by atoms with Gasteiger partial charge in [-0.3, -0.25) is 9.48 Å². The maximum absolute atomic E-state index is 12.2. The molecule has 1 atom stereocenters. The predicted octanol–water partition coefficient (Wildman–Crippen LogP) is 2.12. The van der Waals surface area contributed by atoms with Crippen molar-refractivity contribution in [2.75, 3.05) is 19.6 Å². The van der Waals surface area contributed by atoms with E-state index < -0.39 is 0 Å². The van der Waals surface area contributed by atoms with E-state index >= 15 is 0 Å². The lowest BCUT2D eigenvalue weighted by atomic mass is 9.67. The predicted molar refractivity (Wildman–Crippen MR) is 82.3 cm³/mol. The Morgan fingerprint density at radius 3 is 3.00 bits per heavy atom. The molecule has 3 rings (SSSR count). The van der Waals surface area contributed by atoms with Gasteiger partial charge in [-0.1, -0.05) is 13.3 Å². The lowest BCUT2D eigenvalue weighted by molar-refractivity contribution is 0.0844. The molecule has 5 heteroatoms. The first-order valence-electron chi connectivity index (χ1n) is 8.26. The third kappa shape index (κ3) is 3.12. The van der Waals surface area contributed by atoms with Gasteiger partial charge in [0.25, 0.3) is 5.91 Å². The van der Waals surface area contributed by atoms with Gasteiger partial charge in [0, 0.05) is 19.3 Å². The quantitative estimate of drug-likeness (QED) is 0.873. The number of piperidine rings is 1. The molecule has 2 aliphatic rings. The summed E-state index contributed by atoms with van der Waals surface area (Å²) in [5.41, 5.74) is 0.900. The fourth-order valence-electron chi connectivity index (χ4n) is 3.41. The molecule has 2 N–H and O–H groups in total. The van der Waals surface area contributed by atoms with E-state index in [1.54, 1.807) is 0 Å². The Morgan fingerprint density at radius 2 is 2.38 bits per heavy atom. The SMILES string of the molecule is CCC1(CNC(=O)c2ccn(C3CCCNC3)n2)CCC1. The van der Waals surface area contributed by atoms with Crippen LogP contribution in [-0.2, 0) is 0 Å². The van der Waals surface area contributed by atoms with Crippen LogP contribution in [-0.4, -0.2) is 35.3 Å². The van der Waals surface area contributed by atoms with Gasteiger partial charge in [-0.25, -0.2) is 0 Å². The smallest absolute Gasteiger partial charge is 0.271 e. The van der Waals surface area contributed by atoms with Crippen LogP contribution in [0.4, 0.5) is 0 Å². The molecule has 1 aliphatic heterocycles. The van der Waals surface area contributed by atoms with Crippen molar-refractivity contribution in [3.8, 4) is 0 Å². The number of rotatable bonds is 5. The first kappa shape index (κ1) is 14.6. The van der Waals surface area contributed by atoms with E-state index in [2.05, 4.69) is 22.7 Å². The van der Waals surface area contributed by atoms with Crippen molar-refractivity contribution in [1.82, 2.24) is 20.4 Å². The van der Waals surface area contributed by atoms with Crippen LogP contribution < -0.4 is 10.6 Å². The molecule has 1 unspecified atom stereocenters. The maximum atomic E-state index is 12.2. The summed E-state index contributed by atoms with van der Waals surface area (Å²) < 4.78 is 1.94. The third-order valence-corrected chi connectivity index (χ3v) is 5.27. The Morgan fingerprint density at radius 1 is 1.52 bits per heavy atom. The first-order valence-corrected chi connectivity index (χ1v) is 8.26. The van der Waals surface area contributed by atoms with Crippen LogP contribution in [0.15, 0.2) is 12.3 Å². The van der Waals surface area contributed by atoms with Gasteiger partial charge in [-0.05, 0) is 50.1 Å². The van der Waals surface area contributed by atoms with Crippen LogP contribution in [0.25, 0.3) is 0 Å². The molecule has 116 valence electrons. The highest BCUT2D eigenvalue weighted by molar-refractivity contribution is 5.92. The summed E-state index contributed by atoms with van der Waals surface area (Å²) in [4.78, 5) is 12.2. The number of aromatic nitrogens is 2. The molecular formula is C16H26N4O. The Balaban J connectivity index is 1.56. The summed E-state index contributed by atoms with van der Waals surface area (Å²) in [5.74, 6) is -0.0303. The van der Waals surface area contributed by atoms with Crippen molar-refractivity contribution in [2.45, 2.75) is 51.5 Å². The van der Waals surface area contributed by atoms with Crippen molar-refractivity contribution in [2.24, 2.45) is 5.41 Å². The van der Waals surface area contributed by atoms with E-state index in [4.69, 9.17) is 0 Å². The monoisotopic (exact) mass is 290 g/mol. The molecule has 0 aromatic carbocycles. The van der Waals surface area contributed by atoms with Crippen molar-refractivity contribution in [3.63, 3.8) is 0 Å². The van der Waals surface area contributed by atoms with Crippen molar-refractivity contribution < 1.29 is 4.79 Å². The van der Waals surface area contributed by atoms with E-state index in [0.717, 1.165) is 32.5 Å². The van der Waals surface area contributed by atoms with Crippen LogP contribution in [0.2, 0.25) is 0 Å². The summed E-state index contributed by atoms with van der Waals surface area (Å²) in [5, 5.41) is 10.9. The minimum atomic E-state index is -0.0303. The summed E-state index contributed by atoms with van der Waals surface area (Å²) in [6.45, 7) is 5.04. The summed E-state index contributed by atoms with van der Waals surface area (Å²) in [6.07, 6.45) is 9.17. The zero-order chi connectivity index (χ0) is 14.7. The second-order valence-corrected chi connectivity index (χ2v) is 6.57.